The van der Waals surface area contributed by atoms with Gasteiger partial charge in [0.15, 0.2) is 17.9 Å². The number of imide groups is 1. The zero-order valence-corrected chi connectivity index (χ0v) is 47.5. The molecule has 0 bridgehead atoms. The number of carbonyl (C=O) groups excluding carboxylic acids is 9. The number of anilines is 1. The highest BCUT2D eigenvalue weighted by molar-refractivity contribution is 6.31. The van der Waals surface area contributed by atoms with Gasteiger partial charge in [0.1, 0.15) is 84.5 Å². The molecule has 11 N–H and O–H groups in total. The number of hydrogen-bond donors (Lipinski definition) is 11. The van der Waals surface area contributed by atoms with E-state index in [0.29, 0.717) is 31.2 Å². The molecule has 2 aliphatic carbocycles. The quantitative estimate of drug-likeness (QED) is 0.0185. The van der Waals surface area contributed by atoms with Crippen molar-refractivity contribution in [2.75, 3.05) is 51.8 Å². The zero-order valence-electron chi connectivity index (χ0n) is 47.5. The Hall–Kier alpha value is -8.39. The van der Waals surface area contributed by atoms with Gasteiger partial charge in [-0.1, -0.05) is 24.6 Å². The first kappa shape index (κ1) is 64.1. The van der Waals surface area contributed by atoms with Gasteiger partial charge in [-0.2, -0.15) is 0 Å². The highest BCUT2D eigenvalue weighted by Crippen LogP contribution is 2.52. The van der Waals surface area contributed by atoms with E-state index in [1.165, 1.54) is 60.6 Å². The third kappa shape index (κ3) is 13.7. The maximum atomic E-state index is 14.1. The number of benzene rings is 3. The van der Waals surface area contributed by atoms with E-state index in [2.05, 4.69) is 16.0 Å². The van der Waals surface area contributed by atoms with Crippen LogP contribution in [0.25, 0.3) is 0 Å². The van der Waals surface area contributed by atoms with Crippen molar-refractivity contribution in [2.45, 2.75) is 132 Å². The van der Waals surface area contributed by atoms with Crippen molar-refractivity contribution in [3.05, 3.63) is 99.5 Å². The number of carbonyl (C=O) groups is 9. The molecule has 0 spiro atoms. The van der Waals surface area contributed by atoms with E-state index in [4.69, 9.17) is 33.2 Å². The van der Waals surface area contributed by atoms with Crippen molar-refractivity contribution < 1.29 is 117 Å². The summed E-state index contributed by atoms with van der Waals surface area (Å²) in [4.78, 5) is 118. The predicted octanol–water partition coefficient (Wildman–Crippen LogP) is 0.373. The van der Waals surface area contributed by atoms with Crippen molar-refractivity contribution in [2.24, 2.45) is 0 Å². The minimum atomic E-state index is -2.39. The number of Topliss-reactive ketones (excluding diaryl/α,β-unsaturated/α-hetero) is 1. The molecule has 6 aliphatic rings. The van der Waals surface area contributed by atoms with Crippen molar-refractivity contribution in [3.63, 3.8) is 0 Å². The second kappa shape index (κ2) is 27.8. The molecule has 2 fully saturated rings. The van der Waals surface area contributed by atoms with Gasteiger partial charge in [-0.25, -0.2) is 4.79 Å². The van der Waals surface area contributed by atoms with E-state index in [-0.39, 0.29) is 134 Å². The summed E-state index contributed by atoms with van der Waals surface area (Å²) in [7, 11) is 1.29. The monoisotopic (exact) mass is 1230 g/mol. The second-order valence-corrected chi connectivity index (χ2v) is 21.7. The van der Waals surface area contributed by atoms with E-state index < -0.39 is 132 Å². The van der Waals surface area contributed by atoms with Gasteiger partial charge in [-0.15, -0.1) is 0 Å². The summed E-state index contributed by atoms with van der Waals surface area (Å²) in [6.45, 7) is -0.777. The molecular weight excluding hydrogens is 1160 g/mol. The highest BCUT2D eigenvalue weighted by atomic mass is 16.7. The summed E-state index contributed by atoms with van der Waals surface area (Å²) in [6, 6.07) is 7.62. The molecule has 9 rings (SSSR count). The number of aliphatic hydroxyl groups is 6. The number of nitrogens with one attached hydrogen (secondary N) is 3. The molecule has 0 saturated carbocycles. The van der Waals surface area contributed by atoms with E-state index in [1.807, 2.05) is 0 Å². The maximum Gasteiger partial charge on any atom is 0.412 e. The molecule has 4 heterocycles. The summed E-state index contributed by atoms with van der Waals surface area (Å²) in [5.41, 5.74) is -3.98. The van der Waals surface area contributed by atoms with Gasteiger partial charge in [0.25, 0.3) is 11.8 Å². The standard InChI is InChI=1S/C59H67N5O24/c1-82-36-8-5-7-30-46(36)53(76)49-48(50(30)73)51(74)31-23-59(81,39(68)26-66)24-37(47(31)54(49)77)86-45-22-32(34(67)28-84-45)60-16-6-10-44-64(19-20-83-44)58(80)85-27-29-11-12-35(87-57-56(79)55(78)52(75)38(25-65)88-57)33(21-29)62-41(70)15-17-61-40(69)9-3-2-4-18-63-42(71)13-14-43(63)72/h5,7-8,11-14,21,25,28,32,37-38,44-45,52,55-57,60,66-67,74-75,77-79,81H,2-4,6,9-10,15-20,22-24,26-27H2,1H3,(H,61,69)(H,62,70)/t32?,37?,38?,44?,45?,52-,55?,56-,57?,59+/m1/s1. The fourth-order valence-electron chi connectivity index (χ4n) is 11.3. The fourth-order valence-corrected chi connectivity index (χ4v) is 11.3. The van der Waals surface area contributed by atoms with Crippen LogP contribution >= 0.6 is 0 Å². The lowest BCUT2D eigenvalue weighted by Gasteiger charge is -2.40. The molecule has 3 aromatic carbocycles. The van der Waals surface area contributed by atoms with Crippen LogP contribution in [-0.4, -0.2) is 205 Å². The smallest absolute Gasteiger partial charge is 0.412 e. The molecule has 7 unspecified atom stereocenters. The Kier molecular flexibility index (Phi) is 20.2. The number of methoxy groups -OCH3 is 1. The van der Waals surface area contributed by atoms with Crippen LogP contribution < -0.4 is 25.4 Å². The normalized spacial score (nSPS) is 25.5. The first-order valence-electron chi connectivity index (χ1n) is 28.4. The van der Waals surface area contributed by atoms with Gasteiger partial charge < -0.3 is 94.8 Å². The highest BCUT2D eigenvalue weighted by Gasteiger charge is 2.50. The third-order valence-corrected chi connectivity index (χ3v) is 15.9. The van der Waals surface area contributed by atoms with Crippen LogP contribution in [0.2, 0.25) is 0 Å². The van der Waals surface area contributed by atoms with E-state index in [9.17, 15) is 84.0 Å². The van der Waals surface area contributed by atoms with Crippen LogP contribution in [0, 0.1) is 0 Å². The number of fused-ring (bicyclic) bond motifs is 3. The summed E-state index contributed by atoms with van der Waals surface area (Å²) in [5, 5.41) is 95.7. The molecule has 3 aromatic rings. The van der Waals surface area contributed by atoms with E-state index in [0.717, 1.165) is 11.2 Å². The molecule has 4 aliphatic heterocycles. The van der Waals surface area contributed by atoms with Crippen LogP contribution in [-0.2, 0) is 65.5 Å². The SMILES string of the molecule is COc1cccc2c1C(=O)c1c(O)c3c(c(O)c1C2=O)C[C@@](O)(C(=O)CO)CC3OC1CC(NCCCC2OCCN2C(=O)OCc2ccc(OC3OC(C=O)[C@@H](O)C(O)[C@H]3O)c(NC(=O)CCNC(=O)CCCCCN3C(=O)C=CC3=O)c2)C(O)=CO1. The van der Waals surface area contributed by atoms with Gasteiger partial charge in [0, 0.05) is 74.0 Å². The van der Waals surface area contributed by atoms with Crippen molar-refractivity contribution in [1.29, 1.82) is 0 Å². The van der Waals surface area contributed by atoms with Gasteiger partial charge in [0.05, 0.1) is 54.8 Å². The number of rotatable bonds is 25. The molecular formula is C59H67N5O24. The van der Waals surface area contributed by atoms with Crippen LogP contribution in [0.15, 0.2) is 60.6 Å². The fraction of sp³-hybridized carbons (Fsp3) is 0.475. The Morgan fingerprint density at radius 3 is 2.35 bits per heavy atom. The van der Waals surface area contributed by atoms with Gasteiger partial charge in [-0.3, -0.25) is 43.4 Å². The van der Waals surface area contributed by atoms with Crippen LogP contribution in [0.5, 0.6) is 23.0 Å². The lowest BCUT2D eigenvalue weighted by Crippen LogP contribution is -2.59. The molecule has 472 valence electrons. The van der Waals surface area contributed by atoms with Crippen molar-refractivity contribution >= 4 is 59.0 Å². The van der Waals surface area contributed by atoms with E-state index >= 15 is 0 Å². The Morgan fingerprint density at radius 1 is 0.852 bits per heavy atom. The van der Waals surface area contributed by atoms with Crippen molar-refractivity contribution in [1.82, 2.24) is 20.4 Å². The molecule has 2 saturated heterocycles. The number of phenolic OH excluding ortho intramolecular Hbond substituents is 2. The molecule has 0 aromatic heterocycles. The topological polar surface area (TPSA) is 423 Å². The summed E-state index contributed by atoms with van der Waals surface area (Å²) in [5.74, 6) is -6.36. The third-order valence-electron chi connectivity index (χ3n) is 15.9. The average molecular weight is 1230 g/mol. The number of hydrogen-bond acceptors (Lipinski definition) is 25. The summed E-state index contributed by atoms with van der Waals surface area (Å²) >= 11 is 0. The first-order valence-corrected chi connectivity index (χ1v) is 28.4. The lowest BCUT2D eigenvalue weighted by molar-refractivity contribution is -0.263. The number of aromatic hydroxyl groups is 2. The molecule has 29 nitrogen and oxygen atoms in total. The first-order chi connectivity index (χ1) is 42.2. The minimum Gasteiger partial charge on any atom is -0.507 e. The van der Waals surface area contributed by atoms with Gasteiger partial charge >= 0.3 is 6.09 Å². The van der Waals surface area contributed by atoms with Crippen LogP contribution in [0.3, 0.4) is 0 Å². The Morgan fingerprint density at radius 2 is 1.61 bits per heavy atom. The zero-order chi connectivity index (χ0) is 63.1. The largest absolute Gasteiger partial charge is 0.507 e. The number of aldehydes is 1. The van der Waals surface area contributed by atoms with Crippen LogP contribution in [0.1, 0.15) is 112 Å². The number of ether oxygens (including phenoxy) is 7. The lowest BCUT2D eigenvalue weighted by atomic mass is 9.72. The van der Waals surface area contributed by atoms with Gasteiger partial charge in [-0.05, 0) is 56.0 Å². The number of amides is 5. The summed E-state index contributed by atoms with van der Waals surface area (Å²) in [6.07, 6.45) is -8.76. The Labute approximate surface area is 501 Å². The number of nitrogens with zero attached hydrogens (tertiary/aromatic N) is 2. The minimum absolute atomic E-state index is 0.0303. The molecule has 29 heteroatoms. The summed E-state index contributed by atoms with van der Waals surface area (Å²) < 4.78 is 40.0. The number of unbranched alkanes of at least 4 members (excludes halogenated alkanes) is 2. The van der Waals surface area contributed by atoms with Crippen molar-refractivity contribution in [3.8, 4) is 23.0 Å². The second-order valence-electron chi connectivity index (χ2n) is 21.7. The van der Waals surface area contributed by atoms with E-state index in [1.54, 1.807) is 0 Å². The Balaban J connectivity index is 0.788. The molecule has 0 radical (unpaired) electrons. The maximum absolute atomic E-state index is 14.1. The van der Waals surface area contributed by atoms with Gasteiger partial charge in [0.2, 0.25) is 30.2 Å². The number of ketones is 3. The predicted molar refractivity (Wildman–Crippen MR) is 297 cm³/mol. The Bertz CT molecular complexity index is 3280. The number of phenols is 2. The molecule has 5 amide bonds. The molecule has 10 atom stereocenters. The molecule has 88 heavy (non-hydrogen) atoms. The van der Waals surface area contributed by atoms with Crippen LogP contribution in [0.4, 0.5) is 10.5 Å². The number of aliphatic hydroxyl groups excluding tert-OH is 5. The average Bonchev–Trinajstić information content (AvgIpc) is 0.793.